The fourth-order valence-electron chi connectivity index (χ4n) is 4.16. The van der Waals surface area contributed by atoms with Crippen LogP contribution in [0.2, 0.25) is 0 Å². The van der Waals surface area contributed by atoms with Gasteiger partial charge in [0.15, 0.2) is 0 Å². The number of rotatable bonds is 4. The molecule has 2 aromatic rings. The topological polar surface area (TPSA) is 36.8 Å². The molecule has 122 valence electrons. The molecule has 0 unspecified atom stereocenters. The standard InChI is InChI=1S/C21H27NO/c1-3-10-18-20(17-13-8-5-9-14-17)22-19(15(2)21(18)23)16-11-6-4-7-12-16/h4-9,11-15,18-23H,3,10H2,1-2H3/p+1/t15-,18+,19-,20+,21-/m0/s1. The van der Waals surface area contributed by atoms with Crippen molar-refractivity contribution in [2.45, 2.75) is 44.9 Å². The van der Waals surface area contributed by atoms with E-state index in [-0.39, 0.29) is 12.0 Å². The first-order chi connectivity index (χ1) is 11.2. The van der Waals surface area contributed by atoms with Gasteiger partial charge < -0.3 is 10.4 Å². The second kappa shape index (κ2) is 7.29. The minimum absolute atomic E-state index is 0.254. The highest BCUT2D eigenvalue weighted by Gasteiger charge is 2.45. The second-order valence-electron chi connectivity index (χ2n) is 6.87. The molecule has 1 aliphatic rings. The maximum atomic E-state index is 11.0. The highest BCUT2D eigenvalue weighted by molar-refractivity contribution is 5.22. The lowest BCUT2D eigenvalue weighted by Crippen LogP contribution is -2.92. The number of benzene rings is 2. The van der Waals surface area contributed by atoms with E-state index in [1.54, 1.807) is 0 Å². The normalized spacial score (nSPS) is 31.0. The van der Waals surface area contributed by atoms with Crippen molar-refractivity contribution >= 4 is 0 Å². The number of aliphatic hydroxyl groups excluding tert-OH is 1. The van der Waals surface area contributed by atoms with Crippen LogP contribution < -0.4 is 5.32 Å². The molecule has 0 bridgehead atoms. The maximum absolute atomic E-state index is 11.0. The average molecular weight is 310 g/mol. The Balaban J connectivity index is 1.94. The third-order valence-electron chi connectivity index (χ3n) is 5.41. The monoisotopic (exact) mass is 310 g/mol. The van der Waals surface area contributed by atoms with Gasteiger partial charge in [0.05, 0.1) is 6.10 Å². The molecule has 0 spiro atoms. The van der Waals surface area contributed by atoms with Gasteiger partial charge in [-0.15, -0.1) is 0 Å². The maximum Gasteiger partial charge on any atom is 0.117 e. The molecule has 23 heavy (non-hydrogen) atoms. The lowest BCUT2D eigenvalue weighted by molar-refractivity contribution is -0.760. The van der Waals surface area contributed by atoms with E-state index in [4.69, 9.17) is 0 Å². The number of piperidine rings is 1. The van der Waals surface area contributed by atoms with Crippen molar-refractivity contribution in [1.29, 1.82) is 0 Å². The summed E-state index contributed by atoms with van der Waals surface area (Å²) < 4.78 is 0. The molecule has 0 saturated carbocycles. The van der Waals surface area contributed by atoms with Gasteiger partial charge in [-0.25, -0.2) is 0 Å². The Kier molecular flexibility index (Phi) is 5.14. The van der Waals surface area contributed by atoms with Crippen molar-refractivity contribution in [3.05, 3.63) is 71.8 Å². The molecule has 1 heterocycles. The van der Waals surface area contributed by atoms with Crippen LogP contribution in [0, 0.1) is 11.8 Å². The van der Waals surface area contributed by atoms with Crippen molar-refractivity contribution in [1.82, 2.24) is 0 Å². The van der Waals surface area contributed by atoms with Crippen LogP contribution in [0.1, 0.15) is 49.9 Å². The van der Waals surface area contributed by atoms with Crippen molar-refractivity contribution in [2.75, 3.05) is 0 Å². The quantitative estimate of drug-likeness (QED) is 0.891. The average Bonchev–Trinajstić information content (AvgIpc) is 2.61. The van der Waals surface area contributed by atoms with Gasteiger partial charge in [0.2, 0.25) is 0 Å². The van der Waals surface area contributed by atoms with Gasteiger partial charge in [-0.05, 0) is 6.42 Å². The summed E-state index contributed by atoms with van der Waals surface area (Å²) in [5.41, 5.74) is 2.65. The molecule has 2 nitrogen and oxygen atoms in total. The predicted molar refractivity (Wildman–Crippen MR) is 93.9 cm³/mol. The molecule has 1 saturated heterocycles. The first-order valence-electron chi connectivity index (χ1n) is 8.85. The molecular weight excluding hydrogens is 282 g/mol. The Bertz CT molecular complexity index is 598. The van der Waals surface area contributed by atoms with Gasteiger partial charge >= 0.3 is 0 Å². The molecule has 1 aliphatic heterocycles. The summed E-state index contributed by atoms with van der Waals surface area (Å²) in [6.07, 6.45) is 1.93. The summed E-state index contributed by atoms with van der Waals surface area (Å²) in [6, 6.07) is 21.9. The summed E-state index contributed by atoms with van der Waals surface area (Å²) in [6.45, 7) is 4.41. The molecular formula is C21H28NO+. The van der Waals surface area contributed by atoms with Crippen LogP contribution in [0.5, 0.6) is 0 Å². The van der Waals surface area contributed by atoms with Gasteiger partial charge in [-0.1, -0.05) is 80.9 Å². The molecule has 3 N–H and O–H groups in total. The van der Waals surface area contributed by atoms with Gasteiger partial charge in [0, 0.05) is 23.0 Å². The molecule has 0 radical (unpaired) electrons. The Morgan fingerprint density at radius 1 is 0.870 bits per heavy atom. The summed E-state index contributed by atoms with van der Waals surface area (Å²) >= 11 is 0. The molecule has 2 aromatic carbocycles. The predicted octanol–water partition coefficient (Wildman–Crippen LogP) is 3.46. The Morgan fingerprint density at radius 2 is 1.39 bits per heavy atom. The number of hydrogen-bond acceptors (Lipinski definition) is 1. The number of nitrogens with two attached hydrogens (primary N) is 1. The Labute approximate surface area is 139 Å². The van der Waals surface area contributed by atoms with E-state index in [1.165, 1.54) is 11.1 Å². The van der Waals surface area contributed by atoms with Crippen LogP contribution in [0.25, 0.3) is 0 Å². The van der Waals surface area contributed by atoms with Gasteiger partial charge in [0.1, 0.15) is 12.1 Å². The largest absolute Gasteiger partial charge is 0.392 e. The third kappa shape index (κ3) is 3.34. The third-order valence-corrected chi connectivity index (χ3v) is 5.41. The zero-order chi connectivity index (χ0) is 16.2. The van der Waals surface area contributed by atoms with Crippen LogP contribution in [0.3, 0.4) is 0 Å². The minimum atomic E-state index is -0.254. The van der Waals surface area contributed by atoms with E-state index in [0.29, 0.717) is 18.0 Å². The molecule has 0 amide bonds. The molecule has 5 atom stereocenters. The van der Waals surface area contributed by atoms with E-state index in [2.05, 4.69) is 79.8 Å². The summed E-state index contributed by atoms with van der Waals surface area (Å²) in [5.74, 6) is 0.575. The van der Waals surface area contributed by atoms with Gasteiger partial charge in [-0.3, -0.25) is 0 Å². The molecule has 1 fully saturated rings. The van der Waals surface area contributed by atoms with E-state index >= 15 is 0 Å². The number of quaternary nitrogens is 1. The SMILES string of the molecule is CCC[C@H]1[C@@H](O)[C@@H](C)[C@@H](c2ccccc2)[NH2+][C@@H]1c1ccccc1. The number of aliphatic hydroxyl groups is 1. The van der Waals surface area contributed by atoms with E-state index in [1.807, 2.05) is 0 Å². The number of hydrogen-bond donors (Lipinski definition) is 2. The summed E-state index contributed by atoms with van der Waals surface area (Å²) in [7, 11) is 0. The van der Waals surface area contributed by atoms with Crippen molar-refractivity contribution < 1.29 is 10.4 Å². The smallest absolute Gasteiger partial charge is 0.117 e. The summed E-state index contributed by atoms with van der Waals surface area (Å²) in [4.78, 5) is 0. The van der Waals surface area contributed by atoms with Crippen LogP contribution in [-0.4, -0.2) is 11.2 Å². The van der Waals surface area contributed by atoms with Crippen LogP contribution in [0.4, 0.5) is 0 Å². The van der Waals surface area contributed by atoms with E-state index in [9.17, 15) is 5.11 Å². The lowest BCUT2D eigenvalue weighted by Gasteiger charge is -2.42. The highest BCUT2D eigenvalue weighted by Crippen LogP contribution is 2.37. The minimum Gasteiger partial charge on any atom is -0.392 e. The summed E-state index contributed by atoms with van der Waals surface area (Å²) in [5, 5.41) is 13.5. The van der Waals surface area contributed by atoms with E-state index < -0.39 is 0 Å². The zero-order valence-electron chi connectivity index (χ0n) is 14.1. The Morgan fingerprint density at radius 3 is 1.91 bits per heavy atom. The first-order valence-corrected chi connectivity index (χ1v) is 8.85. The molecule has 0 aliphatic carbocycles. The zero-order valence-corrected chi connectivity index (χ0v) is 14.1. The van der Waals surface area contributed by atoms with Crippen LogP contribution >= 0.6 is 0 Å². The highest BCUT2D eigenvalue weighted by atomic mass is 16.3. The second-order valence-corrected chi connectivity index (χ2v) is 6.87. The fourth-order valence-corrected chi connectivity index (χ4v) is 4.16. The fraction of sp³-hybridized carbons (Fsp3) is 0.429. The van der Waals surface area contributed by atoms with Crippen molar-refractivity contribution in [3.8, 4) is 0 Å². The van der Waals surface area contributed by atoms with Crippen molar-refractivity contribution in [3.63, 3.8) is 0 Å². The van der Waals surface area contributed by atoms with E-state index in [0.717, 1.165) is 12.8 Å². The molecule has 0 aromatic heterocycles. The lowest BCUT2D eigenvalue weighted by atomic mass is 9.72. The molecule has 2 heteroatoms. The van der Waals surface area contributed by atoms with Crippen LogP contribution in [0.15, 0.2) is 60.7 Å². The Hall–Kier alpha value is -1.64. The van der Waals surface area contributed by atoms with Gasteiger partial charge in [-0.2, -0.15) is 0 Å². The molecule has 3 rings (SSSR count). The van der Waals surface area contributed by atoms with Crippen molar-refractivity contribution in [2.24, 2.45) is 11.8 Å². The van der Waals surface area contributed by atoms with Gasteiger partial charge in [0.25, 0.3) is 0 Å². The van der Waals surface area contributed by atoms with Crippen LogP contribution in [-0.2, 0) is 0 Å². The first kappa shape index (κ1) is 16.2.